The summed E-state index contributed by atoms with van der Waals surface area (Å²) in [6, 6.07) is 5.16. The number of benzene rings is 1. The van der Waals surface area contributed by atoms with Crippen LogP contribution in [0.15, 0.2) is 22.6 Å². The minimum Gasteiger partial charge on any atom is -0.486 e. The number of nitrogens with one attached hydrogen (secondary N) is 2. The van der Waals surface area contributed by atoms with Gasteiger partial charge in [0.1, 0.15) is 5.58 Å². The van der Waals surface area contributed by atoms with Gasteiger partial charge in [0.15, 0.2) is 5.75 Å². The number of carbonyl (C=O) groups excluding carboxylic acids is 1. The van der Waals surface area contributed by atoms with E-state index >= 15 is 0 Å². The number of amides is 1. The van der Waals surface area contributed by atoms with Gasteiger partial charge in [0.05, 0.1) is 11.5 Å². The van der Waals surface area contributed by atoms with E-state index in [4.69, 9.17) is 20.8 Å². The number of aromatic nitrogens is 4. The van der Waals surface area contributed by atoms with Crippen LogP contribution in [0.3, 0.4) is 0 Å². The average molecular weight is 376 g/mol. The van der Waals surface area contributed by atoms with E-state index < -0.39 is 5.91 Å². The maximum Gasteiger partial charge on any atom is 0.297 e. The van der Waals surface area contributed by atoms with Crippen molar-refractivity contribution in [2.45, 2.75) is 38.7 Å². The maximum atomic E-state index is 12.7. The van der Waals surface area contributed by atoms with Gasteiger partial charge in [-0.3, -0.25) is 10.1 Å². The number of tetrazole rings is 1. The zero-order chi connectivity index (χ0) is 18.1. The summed E-state index contributed by atoms with van der Waals surface area (Å²) < 4.78 is 11.9. The van der Waals surface area contributed by atoms with Crippen LogP contribution in [0.4, 0.5) is 5.95 Å². The lowest BCUT2D eigenvalue weighted by atomic mass is 10.0. The van der Waals surface area contributed by atoms with E-state index in [1.54, 1.807) is 18.2 Å². The molecular formula is C17H18ClN5O3. The molecule has 0 radical (unpaired) electrons. The van der Waals surface area contributed by atoms with Crippen molar-refractivity contribution in [1.29, 1.82) is 0 Å². The molecule has 8 nitrogen and oxygen atoms in total. The molecule has 0 saturated heterocycles. The lowest BCUT2D eigenvalue weighted by Gasteiger charge is -2.20. The van der Waals surface area contributed by atoms with Crippen LogP contribution in [-0.2, 0) is 0 Å². The highest BCUT2D eigenvalue weighted by molar-refractivity contribution is 6.31. The van der Waals surface area contributed by atoms with Crippen molar-refractivity contribution in [1.82, 2.24) is 20.6 Å². The Morgan fingerprint density at radius 3 is 2.96 bits per heavy atom. The number of fused-ring (bicyclic) bond motifs is 1. The Bertz CT molecular complexity index is 918. The number of furan rings is 1. The first kappa shape index (κ1) is 16.8. The molecule has 2 heterocycles. The molecule has 2 aromatic heterocycles. The van der Waals surface area contributed by atoms with Crippen LogP contribution in [-0.4, -0.2) is 32.6 Å². The molecule has 1 aliphatic rings. The summed E-state index contributed by atoms with van der Waals surface area (Å²) in [7, 11) is 0. The second-order valence-electron chi connectivity index (χ2n) is 6.46. The average Bonchev–Trinajstić information content (AvgIpc) is 3.36. The molecule has 1 saturated carbocycles. The Kier molecular flexibility index (Phi) is 4.50. The molecule has 4 rings (SSSR count). The number of hydrogen-bond acceptors (Lipinski definition) is 6. The summed E-state index contributed by atoms with van der Waals surface area (Å²) in [5, 5.41) is 16.9. The number of hydrogen-bond donors (Lipinski definition) is 2. The van der Waals surface area contributed by atoms with Crippen molar-refractivity contribution < 1.29 is 13.9 Å². The molecule has 9 heteroatoms. The van der Waals surface area contributed by atoms with Crippen LogP contribution < -0.4 is 10.1 Å². The molecule has 1 atom stereocenters. The molecule has 26 heavy (non-hydrogen) atoms. The number of carbonyl (C=O) groups is 1. The Labute approximate surface area is 154 Å². The smallest absolute Gasteiger partial charge is 0.297 e. The highest BCUT2D eigenvalue weighted by Crippen LogP contribution is 2.38. The van der Waals surface area contributed by atoms with Crippen LogP contribution in [0, 0.1) is 5.92 Å². The van der Waals surface area contributed by atoms with Crippen molar-refractivity contribution >= 4 is 34.4 Å². The normalized spacial score (nSPS) is 16.1. The minimum atomic E-state index is -0.507. The van der Waals surface area contributed by atoms with E-state index in [0.717, 1.165) is 12.8 Å². The SMILES string of the molecule is CC(Oc1c(C(=O)Nc2nn[nH]n2)oc2ccc(Cl)cc12)C1CCCC1. The molecule has 3 aromatic rings. The zero-order valence-corrected chi connectivity index (χ0v) is 14.9. The van der Waals surface area contributed by atoms with Gasteiger partial charge >= 0.3 is 0 Å². The molecule has 1 unspecified atom stereocenters. The lowest BCUT2D eigenvalue weighted by Crippen LogP contribution is -2.23. The van der Waals surface area contributed by atoms with Crippen molar-refractivity contribution in [3.63, 3.8) is 0 Å². The first-order valence-electron chi connectivity index (χ1n) is 8.55. The van der Waals surface area contributed by atoms with E-state index in [1.165, 1.54) is 12.8 Å². The molecule has 0 spiro atoms. The van der Waals surface area contributed by atoms with E-state index in [-0.39, 0.29) is 17.8 Å². The van der Waals surface area contributed by atoms with Crippen molar-refractivity contribution in [3.05, 3.63) is 29.0 Å². The number of nitrogens with zero attached hydrogens (tertiary/aromatic N) is 3. The van der Waals surface area contributed by atoms with Gasteiger partial charge < -0.3 is 9.15 Å². The van der Waals surface area contributed by atoms with Crippen molar-refractivity contribution in [2.75, 3.05) is 5.32 Å². The molecule has 2 N–H and O–H groups in total. The van der Waals surface area contributed by atoms with Crippen LogP contribution in [0.1, 0.15) is 43.2 Å². The van der Waals surface area contributed by atoms with Gasteiger partial charge in [0.2, 0.25) is 5.76 Å². The molecule has 0 bridgehead atoms. The van der Waals surface area contributed by atoms with Crippen LogP contribution >= 0.6 is 11.6 Å². The Hall–Kier alpha value is -2.61. The monoisotopic (exact) mass is 375 g/mol. The van der Waals surface area contributed by atoms with Gasteiger partial charge in [-0.1, -0.05) is 29.5 Å². The van der Waals surface area contributed by atoms with E-state index in [9.17, 15) is 4.79 Å². The topological polar surface area (TPSA) is 106 Å². The summed E-state index contributed by atoms with van der Waals surface area (Å²) in [4.78, 5) is 12.7. The number of aromatic amines is 1. The highest BCUT2D eigenvalue weighted by Gasteiger charge is 2.28. The van der Waals surface area contributed by atoms with E-state index in [2.05, 4.69) is 25.9 Å². The summed E-state index contributed by atoms with van der Waals surface area (Å²) >= 11 is 6.13. The minimum absolute atomic E-state index is 0.0333. The predicted octanol–water partition coefficient (Wildman–Crippen LogP) is 3.81. The summed E-state index contributed by atoms with van der Waals surface area (Å²) in [5.41, 5.74) is 0.529. The highest BCUT2D eigenvalue weighted by atomic mass is 35.5. The molecule has 136 valence electrons. The van der Waals surface area contributed by atoms with Crippen molar-refractivity contribution in [2.24, 2.45) is 5.92 Å². The standard InChI is InChI=1S/C17H18ClN5O3/c1-9(10-4-2-3-5-10)25-14-12-8-11(18)6-7-13(12)26-15(14)16(24)19-17-20-22-23-21-17/h6-10H,2-5H2,1H3,(H2,19,20,21,22,23,24). The summed E-state index contributed by atoms with van der Waals surface area (Å²) in [6.45, 7) is 2.03. The number of rotatable bonds is 5. The first-order chi connectivity index (χ1) is 12.6. The summed E-state index contributed by atoms with van der Waals surface area (Å²) in [5.74, 6) is 0.475. The summed E-state index contributed by atoms with van der Waals surface area (Å²) in [6.07, 6.45) is 4.64. The Morgan fingerprint density at radius 1 is 1.42 bits per heavy atom. The van der Waals surface area contributed by atoms with E-state index in [1.807, 2.05) is 6.92 Å². The first-order valence-corrected chi connectivity index (χ1v) is 8.93. The quantitative estimate of drug-likeness (QED) is 0.702. The Balaban J connectivity index is 1.69. The predicted molar refractivity (Wildman–Crippen MR) is 95.4 cm³/mol. The zero-order valence-electron chi connectivity index (χ0n) is 14.2. The third-order valence-electron chi connectivity index (χ3n) is 4.75. The third kappa shape index (κ3) is 3.24. The second-order valence-corrected chi connectivity index (χ2v) is 6.89. The maximum absolute atomic E-state index is 12.7. The fourth-order valence-corrected chi connectivity index (χ4v) is 3.57. The van der Waals surface area contributed by atoms with Gasteiger partial charge in [0, 0.05) is 5.02 Å². The molecule has 1 fully saturated rings. The van der Waals surface area contributed by atoms with E-state index in [0.29, 0.717) is 27.7 Å². The van der Waals surface area contributed by atoms with Gasteiger partial charge in [-0.05, 0) is 49.1 Å². The number of H-pyrrole nitrogens is 1. The van der Waals surface area contributed by atoms with Crippen molar-refractivity contribution in [3.8, 4) is 5.75 Å². The molecule has 1 aliphatic carbocycles. The lowest BCUT2D eigenvalue weighted by molar-refractivity contribution is 0.0981. The second kappa shape index (κ2) is 6.95. The van der Waals surface area contributed by atoms with Gasteiger partial charge in [0.25, 0.3) is 11.9 Å². The fraction of sp³-hybridized carbons (Fsp3) is 0.412. The number of halogens is 1. The molecule has 1 amide bonds. The van der Waals surface area contributed by atoms with Gasteiger partial charge in [-0.25, -0.2) is 0 Å². The molecular weight excluding hydrogens is 358 g/mol. The molecule has 0 aliphatic heterocycles. The fourth-order valence-electron chi connectivity index (χ4n) is 3.40. The largest absolute Gasteiger partial charge is 0.486 e. The number of anilines is 1. The number of ether oxygens (including phenoxy) is 1. The molecule has 1 aromatic carbocycles. The van der Waals surface area contributed by atoms with Crippen LogP contribution in [0.5, 0.6) is 5.75 Å². The van der Waals surface area contributed by atoms with Crippen LogP contribution in [0.25, 0.3) is 11.0 Å². The Morgan fingerprint density at radius 2 is 2.23 bits per heavy atom. The third-order valence-corrected chi connectivity index (χ3v) is 4.98. The van der Waals surface area contributed by atoms with Crippen LogP contribution in [0.2, 0.25) is 5.02 Å². The van der Waals surface area contributed by atoms with Gasteiger partial charge in [-0.15, -0.1) is 5.10 Å². The van der Waals surface area contributed by atoms with Gasteiger partial charge in [-0.2, -0.15) is 5.21 Å².